The van der Waals surface area contributed by atoms with Gasteiger partial charge in [0.1, 0.15) is 6.04 Å². The van der Waals surface area contributed by atoms with Gasteiger partial charge in [-0.05, 0) is 19.1 Å². The van der Waals surface area contributed by atoms with Gasteiger partial charge in [0.25, 0.3) is 11.8 Å². The maximum atomic E-state index is 13.0. The van der Waals surface area contributed by atoms with E-state index in [0.29, 0.717) is 16.8 Å². The van der Waals surface area contributed by atoms with Gasteiger partial charge < -0.3 is 10.2 Å². The first-order valence-electron chi connectivity index (χ1n) is 8.30. The normalized spacial score (nSPS) is 26.3. The number of piperazine rings is 1. The number of hydrogen-bond donors (Lipinski definition) is 2. The maximum Gasteiger partial charge on any atom is 0.264 e. The van der Waals surface area contributed by atoms with Crippen molar-refractivity contribution in [2.24, 2.45) is 0 Å². The fraction of sp³-hybridized carbons (Fsp3) is 0.412. The molecule has 2 fully saturated rings. The average molecular weight is 342 g/mol. The Morgan fingerprint density at radius 1 is 1.12 bits per heavy atom. The second kappa shape index (κ2) is 5.66. The fourth-order valence-corrected chi connectivity index (χ4v) is 3.73. The molecule has 0 radical (unpaired) electrons. The van der Waals surface area contributed by atoms with Crippen molar-refractivity contribution in [3.63, 3.8) is 0 Å². The second-order valence-electron chi connectivity index (χ2n) is 6.61. The number of nitrogens with one attached hydrogen (secondary N) is 2. The van der Waals surface area contributed by atoms with E-state index in [4.69, 9.17) is 0 Å². The predicted molar refractivity (Wildman–Crippen MR) is 88.2 cm³/mol. The molecule has 1 unspecified atom stereocenters. The number of benzene rings is 1. The van der Waals surface area contributed by atoms with Gasteiger partial charge in [-0.25, -0.2) is 0 Å². The van der Waals surface area contributed by atoms with E-state index >= 15 is 0 Å². The van der Waals surface area contributed by atoms with Gasteiger partial charge in [0.15, 0.2) is 0 Å². The van der Waals surface area contributed by atoms with Gasteiger partial charge in [0.2, 0.25) is 11.8 Å². The summed E-state index contributed by atoms with van der Waals surface area (Å²) in [7, 11) is 0. The standard InChI is InChI=1S/C17H18N4O4/c1-9-8-20(6-5-18-9)11-4-2-3-10-14(11)17(25)21(16(10)24)12-7-13(22)19-15(12)23/h2-4,9,12,18H,5-8H2,1H3,(H,19,22,23)/t9-,12?/m0/s1. The van der Waals surface area contributed by atoms with Crippen LogP contribution in [0.5, 0.6) is 0 Å². The first kappa shape index (κ1) is 15.8. The number of nitrogens with zero attached hydrogens (tertiary/aromatic N) is 2. The van der Waals surface area contributed by atoms with Crippen LogP contribution in [0.4, 0.5) is 5.69 Å². The molecule has 4 amide bonds. The molecule has 0 saturated carbocycles. The molecule has 3 heterocycles. The highest BCUT2D eigenvalue weighted by atomic mass is 16.2. The van der Waals surface area contributed by atoms with E-state index in [1.807, 2.05) is 6.07 Å². The van der Waals surface area contributed by atoms with Crippen molar-refractivity contribution in [2.75, 3.05) is 24.5 Å². The first-order chi connectivity index (χ1) is 12.0. The van der Waals surface area contributed by atoms with Crippen LogP contribution in [-0.4, -0.2) is 60.2 Å². The van der Waals surface area contributed by atoms with Crippen molar-refractivity contribution in [2.45, 2.75) is 25.4 Å². The van der Waals surface area contributed by atoms with Crippen LogP contribution < -0.4 is 15.5 Å². The summed E-state index contributed by atoms with van der Waals surface area (Å²) < 4.78 is 0. The third kappa shape index (κ3) is 2.41. The van der Waals surface area contributed by atoms with Crippen LogP contribution in [0.25, 0.3) is 0 Å². The van der Waals surface area contributed by atoms with Crippen LogP contribution in [0.15, 0.2) is 18.2 Å². The van der Waals surface area contributed by atoms with E-state index < -0.39 is 29.7 Å². The molecule has 0 bridgehead atoms. The number of carbonyl (C=O) groups is 4. The average Bonchev–Trinajstić information content (AvgIpc) is 3.04. The maximum absolute atomic E-state index is 13.0. The molecule has 130 valence electrons. The van der Waals surface area contributed by atoms with Gasteiger partial charge in [-0.15, -0.1) is 0 Å². The van der Waals surface area contributed by atoms with Crippen molar-refractivity contribution in [3.8, 4) is 0 Å². The molecule has 4 rings (SSSR count). The Balaban J connectivity index is 1.72. The molecule has 0 aromatic heterocycles. The van der Waals surface area contributed by atoms with Gasteiger partial charge >= 0.3 is 0 Å². The lowest BCUT2D eigenvalue weighted by molar-refractivity contribution is -0.125. The summed E-state index contributed by atoms with van der Waals surface area (Å²) in [4.78, 5) is 52.1. The lowest BCUT2D eigenvalue weighted by atomic mass is 10.1. The van der Waals surface area contributed by atoms with Crippen molar-refractivity contribution >= 4 is 29.3 Å². The molecule has 0 spiro atoms. The van der Waals surface area contributed by atoms with Gasteiger partial charge in [-0.3, -0.25) is 29.4 Å². The molecule has 25 heavy (non-hydrogen) atoms. The molecule has 0 aliphatic carbocycles. The minimum absolute atomic E-state index is 0.176. The Hall–Kier alpha value is -2.74. The minimum Gasteiger partial charge on any atom is -0.368 e. The molecule has 2 saturated heterocycles. The SMILES string of the molecule is C[C@H]1CN(c2cccc3c2C(=O)N(C2CC(=O)NC2=O)C3=O)CCN1. The smallest absolute Gasteiger partial charge is 0.264 e. The third-order valence-corrected chi connectivity index (χ3v) is 4.89. The van der Waals surface area contributed by atoms with E-state index in [0.717, 1.165) is 24.5 Å². The Labute approximate surface area is 144 Å². The molecular weight excluding hydrogens is 324 g/mol. The molecule has 1 aromatic rings. The predicted octanol–water partition coefficient (Wildman–Crippen LogP) is -0.504. The zero-order valence-electron chi connectivity index (χ0n) is 13.7. The molecule has 2 atom stereocenters. The van der Waals surface area contributed by atoms with Crippen LogP contribution in [0, 0.1) is 0 Å². The topological polar surface area (TPSA) is 98.8 Å². The summed E-state index contributed by atoms with van der Waals surface area (Å²) in [5.74, 6) is -2.09. The Morgan fingerprint density at radius 3 is 2.60 bits per heavy atom. The summed E-state index contributed by atoms with van der Waals surface area (Å²) >= 11 is 0. The molecule has 2 N–H and O–H groups in total. The van der Waals surface area contributed by atoms with E-state index in [2.05, 4.69) is 22.5 Å². The van der Waals surface area contributed by atoms with Gasteiger partial charge in [0.05, 0.1) is 23.2 Å². The monoisotopic (exact) mass is 342 g/mol. The van der Waals surface area contributed by atoms with E-state index in [9.17, 15) is 19.2 Å². The quantitative estimate of drug-likeness (QED) is 0.703. The summed E-state index contributed by atoms with van der Waals surface area (Å²) in [6.07, 6.45) is -0.176. The highest BCUT2D eigenvalue weighted by molar-refractivity contribution is 6.26. The van der Waals surface area contributed by atoms with Crippen LogP contribution >= 0.6 is 0 Å². The van der Waals surface area contributed by atoms with Crippen molar-refractivity contribution < 1.29 is 19.2 Å². The number of imide groups is 2. The van der Waals surface area contributed by atoms with Gasteiger partial charge in [-0.1, -0.05) is 6.07 Å². The summed E-state index contributed by atoms with van der Waals surface area (Å²) in [5, 5.41) is 5.49. The zero-order valence-corrected chi connectivity index (χ0v) is 13.7. The summed E-state index contributed by atoms with van der Waals surface area (Å²) in [6.45, 7) is 4.30. The highest BCUT2D eigenvalue weighted by Gasteiger charge is 2.47. The van der Waals surface area contributed by atoms with Crippen LogP contribution in [0.1, 0.15) is 34.1 Å². The highest BCUT2D eigenvalue weighted by Crippen LogP contribution is 2.34. The Kier molecular flexibility index (Phi) is 3.57. The molecular formula is C17H18N4O4. The van der Waals surface area contributed by atoms with E-state index in [-0.39, 0.29) is 12.5 Å². The summed E-state index contributed by atoms with van der Waals surface area (Å²) in [5.41, 5.74) is 1.33. The van der Waals surface area contributed by atoms with E-state index in [1.165, 1.54) is 0 Å². The number of rotatable bonds is 2. The molecule has 8 heteroatoms. The van der Waals surface area contributed by atoms with Gasteiger partial charge in [0, 0.05) is 25.7 Å². The van der Waals surface area contributed by atoms with E-state index in [1.54, 1.807) is 12.1 Å². The third-order valence-electron chi connectivity index (χ3n) is 4.89. The minimum atomic E-state index is -1.06. The van der Waals surface area contributed by atoms with Crippen molar-refractivity contribution in [1.29, 1.82) is 0 Å². The van der Waals surface area contributed by atoms with Crippen molar-refractivity contribution in [1.82, 2.24) is 15.5 Å². The van der Waals surface area contributed by atoms with Crippen LogP contribution in [0.3, 0.4) is 0 Å². The number of anilines is 1. The Morgan fingerprint density at radius 2 is 1.92 bits per heavy atom. The number of carbonyl (C=O) groups excluding carboxylic acids is 4. The largest absolute Gasteiger partial charge is 0.368 e. The second-order valence-corrected chi connectivity index (χ2v) is 6.61. The van der Waals surface area contributed by atoms with Crippen LogP contribution in [-0.2, 0) is 9.59 Å². The number of amides is 4. The lowest BCUT2D eigenvalue weighted by Crippen LogP contribution is -2.49. The van der Waals surface area contributed by atoms with Crippen LogP contribution in [0.2, 0.25) is 0 Å². The molecule has 3 aliphatic heterocycles. The molecule has 3 aliphatic rings. The first-order valence-corrected chi connectivity index (χ1v) is 8.30. The number of fused-ring (bicyclic) bond motifs is 1. The fourth-order valence-electron chi connectivity index (χ4n) is 3.73. The van der Waals surface area contributed by atoms with Crippen molar-refractivity contribution in [3.05, 3.63) is 29.3 Å². The molecule has 1 aromatic carbocycles. The number of hydrogen-bond acceptors (Lipinski definition) is 6. The summed E-state index contributed by atoms with van der Waals surface area (Å²) in [6, 6.07) is 4.38. The lowest BCUT2D eigenvalue weighted by Gasteiger charge is -2.34. The van der Waals surface area contributed by atoms with Gasteiger partial charge in [-0.2, -0.15) is 0 Å². The molecule has 8 nitrogen and oxygen atoms in total. The Bertz CT molecular complexity index is 806. The zero-order chi connectivity index (χ0) is 17.7.